The van der Waals surface area contributed by atoms with Gasteiger partial charge in [0.15, 0.2) is 0 Å². The summed E-state index contributed by atoms with van der Waals surface area (Å²) >= 11 is 9.80. The van der Waals surface area contributed by atoms with E-state index in [1.54, 1.807) is 30.3 Å². The zero-order valence-electron chi connectivity index (χ0n) is 25.7. The van der Waals surface area contributed by atoms with Crippen LogP contribution < -0.4 is 14.4 Å². The molecule has 4 rings (SSSR count). The Morgan fingerprint density at radius 3 is 2.20 bits per heavy atom. The lowest BCUT2D eigenvalue weighted by molar-refractivity contribution is -0.140. The maximum atomic E-state index is 14.6. The molecule has 0 aliphatic rings. The van der Waals surface area contributed by atoms with Crippen LogP contribution in [0.4, 0.5) is 5.69 Å². The number of benzene rings is 4. The maximum Gasteiger partial charge on any atom is 0.264 e. The van der Waals surface area contributed by atoms with Gasteiger partial charge < -0.3 is 15.0 Å². The molecule has 0 aliphatic heterocycles. The lowest BCUT2D eigenvalue weighted by atomic mass is 10.0. The molecule has 242 valence electrons. The van der Waals surface area contributed by atoms with Gasteiger partial charge in [-0.15, -0.1) is 0 Å². The number of methoxy groups -OCH3 is 1. The molecule has 0 bridgehead atoms. The number of hydrogen-bond donors (Lipinski definition) is 1. The van der Waals surface area contributed by atoms with E-state index in [1.165, 1.54) is 30.2 Å². The van der Waals surface area contributed by atoms with Crippen molar-refractivity contribution in [2.24, 2.45) is 0 Å². The molecule has 0 aromatic heterocycles. The molecule has 0 saturated heterocycles. The zero-order chi connectivity index (χ0) is 33.1. The third kappa shape index (κ3) is 9.11. The molecular weight excluding hydrogens is 690 g/mol. The van der Waals surface area contributed by atoms with Crippen LogP contribution in [0, 0.1) is 0 Å². The van der Waals surface area contributed by atoms with Crippen LogP contribution in [0.1, 0.15) is 30.9 Å². The van der Waals surface area contributed by atoms with E-state index in [0.29, 0.717) is 6.54 Å². The molecule has 1 unspecified atom stereocenters. The van der Waals surface area contributed by atoms with Crippen LogP contribution in [0.25, 0.3) is 0 Å². The first-order valence-electron chi connectivity index (χ1n) is 14.9. The number of carbonyl (C=O) groups is 2. The maximum absolute atomic E-state index is 14.6. The normalized spacial score (nSPS) is 11.8. The van der Waals surface area contributed by atoms with Gasteiger partial charge >= 0.3 is 0 Å². The first kappa shape index (κ1) is 35.0. The van der Waals surface area contributed by atoms with Gasteiger partial charge in [0, 0.05) is 29.0 Å². The van der Waals surface area contributed by atoms with Gasteiger partial charge in [-0.25, -0.2) is 8.42 Å². The second kappa shape index (κ2) is 16.6. The van der Waals surface area contributed by atoms with Crippen LogP contribution >= 0.6 is 27.5 Å². The summed E-state index contributed by atoms with van der Waals surface area (Å²) in [6.07, 6.45) is 1.90. The topological polar surface area (TPSA) is 96.0 Å². The summed E-state index contributed by atoms with van der Waals surface area (Å²) in [5.41, 5.74) is 1.73. The Morgan fingerprint density at radius 2 is 1.57 bits per heavy atom. The van der Waals surface area contributed by atoms with Gasteiger partial charge in [0.25, 0.3) is 10.0 Å². The number of rotatable bonds is 15. The Labute approximate surface area is 284 Å². The SMILES string of the molecule is CCCCNC(=O)C(Cc1ccccc1)N(Cc1ccc(Br)cc1)C(=O)CN(c1cc(Cl)ccc1OC)S(=O)(=O)c1ccccc1. The van der Waals surface area contributed by atoms with E-state index >= 15 is 0 Å². The van der Waals surface area contributed by atoms with E-state index in [0.717, 1.165) is 32.7 Å². The number of ether oxygens (including phenoxy) is 1. The van der Waals surface area contributed by atoms with Crippen molar-refractivity contribution in [3.63, 3.8) is 0 Å². The number of amides is 2. The Balaban J connectivity index is 1.82. The summed E-state index contributed by atoms with van der Waals surface area (Å²) in [5.74, 6) is -0.675. The van der Waals surface area contributed by atoms with Gasteiger partial charge in [-0.05, 0) is 60.0 Å². The van der Waals surface area contributed by atoms with Crippen molar-refractivity contribution in [3.8, 4) is 5.75 Å². The number of anilines is 1. The quantitative estimate of drug-likeness (QED) is 0.135. The molecule has 46 heavy (non-hydrogen) atoms. The summed E-state index contributed by atoms with van der Waals surface area (Å²) in [6.45, 7) is 1.94. The molecule has 0 heterocycles. The molecule has 0 fully saturated rings. The minimum Gasteiger partial charge on any atom is -0.495 e. The first-order valence-corrected chi connectivity index (χ1v) is 17.5. The Bertz CT molecular complexity index is 1710. The van der Waals surface area contributed by atoms with Crippen molar-refractivity contribution < 1.29 is 22.7 Å². The number of nitrogens with one attached hydrogen (secondary N) is 1. The summed E-state index contributed by atoms with van der Waals surface area (Å²) < 4.78 is 35.8. The standard InChI is InChI=1S/C35H37BrClN3O5S/c1-3-4-21-38-35(42)32(22-26-11-7-5-8-12-26)39(24-27-15-17-28(36)18-16-27)34(41)25-40(31-23-29(37)19-20-33(31)45-2)46(43,44)30-13-9-6-10-14-30/h5-20,23,32H,3-4,21-22,24-25H2,1-2H3,(H,38,42). The van der Waals surface area contributed by atoms with E-state index in [2.05, 4.69) is 21.2 Å². The van der Waals surface area contributed by atoms with E-state index in [1.807, 2.05) is 61.5 Å². The molecule has 4 aromatic rings. The largest absolute Gasteiger partial charge is 0.495 e. The highest BCUT2D eigenvalue weighted by Crippen LogP contribution is 2.35. The number of carbonyl (C=O) groups excluding carboxylic acids is 2. The van der Waals surface area contributed by atoms with Crippen LogP contribution in [0.15, 0.2) is 112 Å². The van der Waals surface area contributed by atoms with Crippen LogP contribution in [0.5, 0.6) is 5.75 Å². The van der Waals surface area contributed by atoms with Crippen molar-refractivity contribution >= 4 is 55.1 Å². The molecule has 4 aromatic carbocycles. The van der Waals surface area contributed by atoms with E-state index in [9.17, 15) is 18.0 Å². The highest BCUT2D eigenvalue weighted by molar-refractivity contribution is 9.10. The highest BCUT2D eigenvalue weighted by atomic mass is 79.9. The first-order chi connectivity index (χ1) is 22.1. The van der Waals surface area contributed by atoms with Gasteiger partial charge in [-0.1, -0.05) is 102 Å². The van der Waals surface area contributed by atoms with Crippen molar-refractivity contribution in [2.75, 3.05) is 24.5 Å². The van der Waals surface area contributed by atoms with Gasteiger partial charge in [0.2, 0.25) is 11.8 Å². The number of halogens is 2. The van der Waals surface area contributed by atoms with Gasteiger partial charge in [-0.3, -0.25) is 13.9 Å². The van der Waals surface area contributed by atoms with Crippen LogP contribution in [-0.4, -0.2) is 51.4 Å². The number of nitrogens with zero attached hydrogens (tertiary/aromatic N) is 2. The zero-order valence-corrected chi connectivity index (χ0v) is 28.9. The van der Waals surface area contributed by atoms with Crippen molar-refractivity contribution in [1.82, 2.24) is 10.2 Å². The number of unbranched alkanes of at least 4 members (excludes halogenated alkanes) is 1. The van der Waals surface area contributed by atoms with Gasteiger partial charge in [-0.2, -0.15) is 0 Å². The second-order valence-electron chi connectivity index (χ2n) is 10.6. The predicted molar refractivity (Wildman–Crippen MR) is 186 cm³/mol. The fraction of sp³-hybridized carbons (Fsp3) is 0.257. The van der Waals surface area contributed by atoms with Gasteiger partial charge in [0.05, 0.1) is 17.7 Å². The molecule has 0 spiro atoms. The summed E-state index contributed by atoms with van der Waals surface area (Å²) in [4.78, 5) is 29.9. The molecule has 1 atom stereocenters. The molecule has 8 nitrogen and oxygen atoms in total. The molecule has 11 heteroatoms. The molecule has 1 N–H and O–H groups in total. The number of hydrogen-bond acceptors (Lipinski definition) is 5. The smallest absolute Gasteiger partial charge is 0.264 e. The van der Waals surface area contributed by atoms with Crippen molar-refractivity contribution in [2.45, 2.75) is 43.7 Å². The Kier molecular flexibility index (Phi) is 12.7. The Hall–Kier alpha value is -3.86. The second-order valence-corrected chi connectivity index (χ2v) is 13.9. The average Bonchev–Trinajstić information content (AvgIpc) is 3.06. The summed E-state index contributed by atoms with van der Waals surface area (Å²) in [5, 5.41) is 3.26. The number of sulfonamides is 1. The van der Waals surface area contributed by atoms with E-state index in [-0.39, 0.29) is 40.2 Å². The van der Waals surface area contributed by atoms with Crippen LogP contribution in [-0.2, 0) is 32.6 Å². The summed E-state index contributed by atoms with van der Waals surface area (Å²) in [6, 6.07) is 28.4. The van der Waals surface area contributed by atoms with Crippen LogP contribution in [0.2, 0.25) is 5.02 Å². The molecular formula is C35H37BrClN3O5S. The Morgan fingerprint density at radius 1 is 0.913 bits per heavy atom. The third-order valence-electron chi connectivity index (χ3n) is 7.39. The molecule has 0 saturated carbocycles. The molecule has 2 amide bonds. The molecule has 0 radical (unpaired) electrons. The fourth-order valence-corrected chi connectivity index (χ4v) is 6.81. The fourth-order valence-electron chi connectivity index (χ4n) is 4.94. The highest BCUT2D eigenvalue weighted by Gasteiger charge is 2.35. The summed E-state index contributed by atoms with van der Waals surface area (Å²) in [7, 11) is -2.88. The monoisotopic (exact) mass is 725 g/mol. The van der Waals surface area contributed by atoms with Crippen molar-refractivity contribution in [1.29, 1.82) is 0 Å². The average molecular weight is 727 g/mol. The van der Waals surface area contributed by atoms with E-state index in [4.69, 9.17) is 16.3 Å². The van der Waals surface area contributed by atoms with Crippen LogP contribution in [0.3, 0.4) is 0 Å². The molecule has 0 aliphatic carbocycles. The lowest BCUT2D eigenvalue weighted by Gasteiger charge is -2.34. The van der Waals surface area contributed by atoms with Gasteiger partial charge in [0.1, 0.15) is 18.3 Å². The third-order valence-corrected chi connectivity index (χ3v) is 9.92. The van der Waals surface area contributed by atoms with Crippen molar-refractivity contribution in [3.05, 3.63) is 124 Å². The van der Waals surface area contributed by atoms with E-state index < -0.39 is 28.5 Å². The lowest BCUT2D eigenvalue weighted by Crippen LogP contribution is -2.53. The minimum atomic E-state index is -4.29. The minimum absolute atomic E-state index is 0.0116. The predicted octanol–water partition coefficient (Wildman–Crippen LogP) is 6.86.